The van der Waals surface area contributed by atoms with Gasteiger partial charge in [0.1, 0.15) is 11.6 Å². The van der Waals surface area contributed by atoms with Gasteiger partial charge < -0.3 is 4.74 Å². The second-order valence-corrected chi connectivity index (χ2v) is 6.08. The molecule has 2 rings (SSSR count). The monoisotopic (exact) mass is 319 g/mol. The van der Waals surface area contributed by atoms with Gasteiger partial charge in [0, 0.05) is 5.56 Å². The quantitative estimate of drug-likeness (QED) is 0.879. The van der Waals surface area contributed by atoms with Gasteiger partial charge in [-0.2, -0.15) is 4.72 Å². The van der Waals surface area contributed by atoms with Crippen molar-refractivity contribution in [3.63, 3.8) is 0 Å². The highest BCUT2D eigenvalue weighted by Gasteiger charge is 2.12. The molecule has 0 amide bonds. The van der Waals surface area contributed by atoms with E-state index in [-0.39, 0.29) is 11.4 Å². The van der Waals surface area contributed by atoms with Crippen LogP contribution in [-0.4, -0.2) is 22.1 Å². The van der Waals surface area contributed by atoms with Crippen LogP contribution in [0.25, 0.3) is 0 Å². The zero-order valence-electron chi connectivity index (χ0n) is 11.8. The van der Waals surface area contributed by atoms with Crippen molar-refractivity contribution < 1.29 is 17.5 Å². The number of halogens is 1. The maximum Gasteiger partial charge on any atom is 0.241 e. The van der Waals surface area contributed by atoms with Crippen LogP contribution in [0.4, 0.5) is 4.39 Å². The fourth-order valence-corrected chi connectivity index (χ4v) is 2.57. The number of sulfonamides is 1. The van der Waals surface area contributed by atoms with E-state index in [9.17, 15) is 12.8 Å². The van der Waals surface area contributed by atoms with E-state index in [0.29, 0.717) is 0 Å². The minimum atomic E-state index is -3.68. The van der Waals surface area contributed by atoms with Crippen molar-refractivity contribution in [2.75, 3.05) is 13.7 Å². The normalized spacial score (nSPS) is 10.6. The first kappa shape index (κ1) is 16.0. The fraction of sp³-hybridized carbons (Fsp3) is 0.125. The lowest BCUT2D eigenvalue weighted by molar-refractivity contribution is 0.415. The third-order valence-electron chi connectivity index (χ3n) is 2.80. The molecule has 0 saturated carbocycles. The Morgan fingerprint density at radius 3 is 2.32 bits per heavy atom. The molecule has 0 spiro atoms. The smallest absolute Gasteiger partial charge is 0.241 e. The van der Waals surface area contributed by atoms with Crippen molar-refractivity contribution in [2.24, 2.45) is 0 Å². The third kappa shape index (κ3) is 4.32. The molecule has 114 valence electrons. The van der Waals surface area contributed by atoms with E-state index in [1.54, 1.807) is 31.4 Å². The number of rotatable bonds is 4. The summed E-state index contributed by atoms with van der Waals surface area (Å²) in [6.07, 6.45) is 0. The van der Waals surface area contributed by atoms with Gasteiger partial charge in [0.25, 0.3) is 0 Å². The van der Waals surface area contributed by atoms with E-state index < -0.39 is 15.8 Å². The summed E-state index contributed by atoms with van der Waals surface area (Å²) < 4.78 is 44.0. The molecule has 2 aromatic carbocycles. The molecule has 4 nitrogen and oxygen atoms in total. The minimum Gasteiger partial charge on any atom is -0.497 e. The Balaban J connectivity index is 1.98. The van der Waals surface area contributed by atoms with Crippen LogP contribution in [0.3, 0.4) is 0 Å². The summed E-state index contributed by atoms with van der Waals surface area (Å²) in [6, 6.07) is 11.7. The molecule has 0 atom stereocenters. The van der Waals surface area contributed by atoms with Gasteiger partial charge in [0.15, 0.2) is 0 Å². The first-order valence-electron chi connectivity index (χ1n) is 6.39. The Hall–Kier alpha value is -2.36. The van der Waals surface area contributed by atoms with Crippen LogP contribution in [-0.2, 0) is 10.0 Å². The molecule has 0 radical (unpaired) electrons. The molecule has 0 bridgehead atoms. The lowest BCUT2D eigenvalue weighted by Crippen LogP contribution is -2.23. The average molecular weight is 319 g/mol. The van der Waals surface area contributed by atoms with Crippen molar-refractivity contribution in [2.45, 2.75) is 4.90 Å². The van der Waals surface area contributed by atoms with Crippen molar-refractivity contribution >= 4 is 10.0 Å². The molecule has 0 aromatic heterocycles. The summed E-state index contributed by atoms with van der Waals surface area (Å²) in [7, 11) is -2.11. The number of nitrogens with one attached hydrogen (secondary N) is 1. The standard InChI is InChI=1S/C16H14FNO3S/c1-21-15-8-4-13(5-9-15)3-2-12-18-22(19,20)16-10-6-14(17)7-11-16/h4-11,18H,12H2,1H3. The molecule has 0 unspecified atom stereocenters. The highest BCUT2D eigenvalue weighted by atomic mass is 32.2. The zero-order valence-corrected chi connectivity index (χ0v) is 12.7. The molecule has 1 N–H and O–H groups in total. The zero-order chi connectivity index (χ0) is 16.0. The molecule has 0 fully saturated rings. The van der Waals surface area contributed by atoms with Crippen LogP contribution < -0.4 is 9.46 Å². The van der Waals surface area contributed by atoms with Crippen molar-refractivity contribution in [1.82, 2.24) is 4.72 Å². The van der Waals surface area contributed by atoms with E-state index in [1.807, 2.05) is 0 Å². The van der Waals surface area contributed by atoms with E-state index in [4.69, 9.17) is 4.74 Å². The Kier molecular flexibility index (Phi) is 5.15. The summed E-state index contributed by atoms with van der Waals surface area (Å²) in [5, 5.41) is 0. The second kappa shape index (κ2) is 7.07. The summed E-state index contributed by atoms with van der Waals surface area (Å²) in [6.45, 7) is -0.0360. The second-order valence-electron chi connectivity index (χ2n) is 4.31. The predicted molar refractivity (Wildman–Crippen MR) is 81.5 cm³/mol. The van der Waals surface area contributed by atoms with Gasteiger partial charge in [0.05, 0.1) is 18.6 Å². The van der Waals surface area contributed by atoms with Crippen LogP contribution >= 0.6 is 0 Å². The number of hydrogen-bond donors (Lipinski definition) is 1. The largest absolute Gasteiger partial charge is 0.497 e. The lowest BCUT2D eigenvalue weighted by Gasteiger charge is -2.03. The van der Waals surface area contributed by atoms with Crippen LogP contribution in [0.5, 0.6) is 5.75 Å². The molecule has 0 heterocycles. The molecule has 0 aliphatic rings. The number of benzene rings is 2. The SMILES string of the molecule is COc1ccc(C#CCNS(=O)(=O)c2ccc(F)cc2)cc1. The minimum absolute atomic E-state index is 0.000137. The van der Waals surface area contributed by atoms with Gasteiger partial charge in [0.2, 0.25) is 10.0 Å². The Bertz CT molecular complexity index is 788. The first-order chi connectivity index (χ1) is 10.5. The highest BCUT2D eigenvalue weighted by molar-refractivity contribution is 7.89. The fourth-order valence-electron chi connectivity index (χ4n) is 1.65. The summed E-state index contributed by atoms with van der Waals surface area (Å²) in [4.78, 5) is 0.000137. The van der Waals surface area contributed by atoms with E-state index >= 15 is 0 Å². The predicted octanol–water partition coefficient (Wildman–Crippen LogP) is 2.16. The average Bonchev–Trinajstić information content (AvgIpc) is 2.52. The maximum absolute atomic E-state index is 12.8. The Labute approximate surface area is 129 Å². The number of ether oxygens (including phenoxy) is 1. The van der Waals surface area contributed by atoms with Gasteiger partial charge in [-0.25, -0.2) is 12.8 Å². The van der Waals surface area contributed by atoms with E-state index in [0.717, 1.165) is 23.4 Å². The first-order valence-corrected chi connectivity index (χ1v) is 7.88. The molecule has 22 heavy (non-hydrogen) atoms. The van der Waals surface area contributed by atoms with Gasteiger partial charge in [-0.3, -0.25) is 0 Å². The van der Waals surface area contributed by atoms with Gasteiger partial charge >= 0.3 is 0 Å². The van der Waals surface area contributed by atoms with Crippen molar-refractivity contribution in [1.29, 1.82) is 0 Å². The third-order valence-corrected chi connectivity index (χ3v) is 4.21. The molecule has 0 saturated heterocycles. The van der Waals surface area contributed by atoms with E-state index in [1.165, 1.54) is 12.1 Å². The molecule has 6 heteroatoms. The lowest BCUT2D eigenvalue weighted by atomic mass is 10.2. The molecule has 0 aliphatic heterocycles. The Morgan fingerprint density at radius 1 is 1.09 bits per heavy atom. The maximum atomic E-state index is 12.8. The van der Waals surface area contributed by atoms with Crippen molar-refractivity contribution in [3.05, 3.63) is 59.9 Å². The summed E-state index contributed by atoms with van der Waals surface area (Å²) >= 11 is 0. The van der Waals surface area contributed by atoms with Crippen LogP contribution in [0.2, 0.25) is 0 Å². The molecule has 0 aliphatic carbocycles. The van der Waals surface area contributed by atoms with Crippen LogP contribution in [0.15, 0.2) is 53.4 Å². The van der Waals surface area contributed by atoms with Crippen molar-refractivity contribution in [3.8, 4) is 17.6 Å². The number of methoxy groups -OCH3 is 1. The van der Waals surface area contributed by atoms with Gasteiger partial charge in [-0.1, -0.05) is 11.8 Å². The summed E-state index contributed by atoms with van der Waals surface area (Å²) in [5.41, 5.74) is 0.752. The topological polar surface area (TPSA) is 55.4 Å². The Morgan fingerprint density at radius 2 is 1.73 bits per heavy atom. The molecule has 2 aromatic rings. The summed E-state index contributed by atoms with van der Waals surface area (Å²) in [5.74, 6) is 5.79. The van der Waals surface area contributed by atoms with Gasteiger partial charge in [-0.15, -0.1) is 0 Å². The number of hydrogen-bond acceptors (Lipinski definition) is 3. The molecular formula is C16H14FNO3S. The van der Waals surface area contributed by atoms with E-state index in [2.05, 4.69) is 16.6 Å². The van der Waals surface area contributed by atoms with Crippen LogP contribution in [0, 0.1) is 17.7 Å². The van der Waals surface area contributed by atoms with Gasteiger partial charge in [-0.05, 0) is 48.5 Å². The molecular weight excluding hydrogens is 305 g/mol. The van der Waals surface area contributed by atoms with Crippen LogP contribution in [0.1, 0.15) is 5.56 Å². The highest BCUT2D eigenvalue weighted by Crippen LogP contribution is 2.10.